The molecule has 2 nitrogen and oxygen atoms in total. The van der Waals surface area contributed by atoms with Gasteiger partial charge in [0, 0.05) is 6.42 Å². The number of allylic oxidation sites excluding steroid dienone is 1. The zero-order chi connectivity index (χ0) is 10.9. The average Bonchev–Trinajstić information content (AvgIpc) is 2.52. The fourth-order valence-electron chi connectivity index (χ4n) is 3.12. The van der Waals surface area contributed by atoms with E-state index in [-0.39, 0.29) is 11.7 Å². The van der Waals surface area contributed by atoms with Gasteiger partial charge in [0.15, 0.2) is 5.78 Å². The van der Waals surface area contributed by atoms with Gasteiger partial charge in [-0.1, -0.05) is 19.4 Å². The van der Waals surface area contributed by atoms with Gasteiger partial charge < -0.3 is 0 Å². The molecule has 0 amide bonds. The second-order valence-electron chi connectivity index (χ2n) is 4.78. The molecule has 0 bridgehead atoms. The number of carbonyl (C=O) groups is 1. The first kappa shape index (κ1) is 10.4. The first-order valence-electron chi connectivity index (χ1n) is 5.84. The van der Waals surface area contributed by atoms with Crippen LogP contribution < -0.4 is 0 Å². The highest BCUT2D eigenvalue weighted by Crippen LogP contribution is 2.50. The molecule has 0 spiro atoms. The largest absolute Gasteiger partial charge is 0.298 e. The maximum atomic E-state index is 12.1. The van der Waals surface area contributed by atoms with Crippen LogP contribution in [0.4, 0.5) is 0 Å². The van der Waals surface area contributed by atoms with Crippen LogP contribution in [0.15, 0.2) is 12.2 Å². The summed E-state index contributed by atoms with van der Waals surface area (Å²) in [6.07, 6.45) is 6.69. The van der Waals surface area contributed by atoms with Gasteiger partial charge >= 0.3 is 0 Å². The Morgan fingerprint density at radius 1 is 1.27 bits per heavy atom. The SMILES string of the molecule is C=C1CCC2CCCCCC(=O)C12C#N. The normalized spacial score (nSPS) is 36.6. The van der Waals surface area contributed by atoms with Crippen molar-refractivity contribution < 1.29 is 4.79 Å². The Bertz CT molecular complexity index is 339. The van der Waals surface area contributed by atoms with E-state index in [1.807, 2.05) is 0 Å². The molecule has 2 fully saturated rings. The lowest BCUT2D eigenvalue weighted by Gasteiger charge is -2.30. The monoisotopic (exact) mass is 203 g/mol. The summed E-state index contributed by atoms with van der Waals surface area (Å²) in [4.78, 5) is 12.1. The van der Waals surface area contributed by atoms with E-state index >= 15 is 0 Å². The number of ketones is 1. The molecular weight excluding hydrogens is 186 g/mol. The van der Waals surface area contributed by atoms with E-state index < -0.39 is 5.41 Å². The number of nitrogens with zero attached hydrogens (tertiary/aromatic N) is 1. The van der Waals surface area contributed by atoms with Crippen LogP contribution in [0.2, 0.25) is 0 Å². The van der Waals surface area contributed by atoms with Crippen molar-refractivity contribution in [1.82, 2.24) is 0 Å². The molecule has 0 heterocycles. The van der Waals surface area contributed by atoms with Gasteiger partial charge in [-0.3, -0.25) is 4.79 Å². The Kier molecular flexibility index (Phi) is 2.65. The average molecular weight is 203 g/mol. The Morgan fingerprint density at radius 2 is 2.07 bits per heavy atom. The maximum absolute atomic E-state index is 12.1. The first-order valence-corrected chi connectivity index (χ1v) is 5.84. The van der Waals surface area contributed by atoms with Crippen molar-refractivity contribution in [2.24, 2.45) is 11.3 Å². The number of nitriles is 1. The van der Waals surface area contributed by atoms with E-state index in [4.69, 9.17) is 0 Å². The van der Waals surface area contributed by atoms with Gasteiger partial charge in [-0.2, -0.15) is 5.26 Å². The molecule has 0 aliphatic heterocycles. The molecule has 0 N–H and O–H groups in total. The molecule has 2 saturated carbocycles. The maximum Gasteiger partial charge on any atom is 0.157 e. The summed E-state index contributed by atoms with van der Waals surface area (Å²) in [6, 6.07) is 2.30. The Morgan fingerprint density at radius 3 is 2.80 bits per heavy atom. The molecule has 2 heteroatoms. The minimum absolute atomic E-state index is 0.136. The standard InChI is InChI=1S/C13H17NO/c1-10-7-8-11-5-3-2-4-6-12(15)13(10,11)9-14/h11H,1-8H2. The van der Waals surface area contributed by atoms with Gasteiger partial charge in [0.25, 0.3) is 0 Å². The van der Waals surface area contributed by atoms with E-state index in [0.717, 1.165) is 44.1 Å². The highest BCUT2D eigenvalue weighted by molar-refractivity contribution is 5.91. The van der Waals surface area contributed by atoms with Crippen molar-refractivity contribution in [3.05, 3.63) is 12.2 Å². The Hall–Kier alpha value is -1.10. The Labute approximate surface area is 91.0 Å². The summed E-state index contributed by atoms with van der Waals surface area (Å²) in [6.45, 7) is 3.96. The van der Waals surface area contributed by atoms with Crippen LogP contribution >= 0.6 is 0 Å². The third-order valence-corrected chi connectivity index (χ3v) is 4.04. The zero-order valence-electron chi connectivity index (χ0n) is 9.09. The van der Waals surface area contributed by atoms with Crippen LogP contribution in [0.5, 0.6) is 0 Å². The number of carbonyl (C=O) groups excluding carboxylic acids is 1. The van der Waals surface area contributed by atoms with Crippen LogP contribution in [0.1, 0.15) is 44.9 Å². The van der Waals surface area contributed by atoms with E-state index in [1.165, 1.54) is 0 Å². The molecule has 2 aliphatic carbocycles. The van der Waals surface area contributed by atoms with E-state index in [9.17, 15) is 10.1 Å². The number of hydrogen-bond acceptors (Lipinski definition) is 2. The van der Waals surface area contributed by atoms with Crippen molar-refractivity contribution in [2.45, 2.75) is 44.9 Å². The van der Waals surface area contributed by atoms with Gasteiger partial charge in [-0.25, -0.2) is 0 Å². The molecule has 15 heavy (non-hydrogen) atoms. The van der Waals surface area contributed by atoms with Gasteiger partial charge in [0.05, 0.1) is 6.07 Å². The van der Waals surface area contributed by atoms with E-state index in [1.54, 1.807) is 0 Å². The first-order chi connectivity index (χ1) is 7.21. The fourth-order valence-corrected chi connectivity index (χ4v) is 3.12. The van der Waals surface area contributed by atoms with Crippen LogP contribution in [0.25, 0.3) is 0 Å². The second-order valence-corrected chi connectivity index (χ2v) is 4.78. The predicted molar refractivity (Wildman–Crippen MR) is 58.0 cm³/mol. The fraction of sp³-hybridized carbons (Fsp3) is 0.692. The molecule has 0 aromatic heterocycles. The number of hydrogen-bond donors (Lipinski definition) is 0. The van der Waals surface area contributed by atoms with Gasteiger partial charge in [-0.05, 0) is 37.2 Å². The molecule has 2 unspecified atom stereocenters. The molecular formula is C13H17NO. The van der Waals surface area contributed by atoms with Crippen LogP contribution in [-0.4, -0.2) is 5.78 Å². The summed E-state index contributed by atoms with van der Waals surface area (Å²) >= 11 is 0. The van der Waals surface area contributed by atoms with Crippen molar-refractivity contribution in [3.8, 4) is 6.07 Å². The molecule has 2 atom stereocenters. The quantitative estimate of drug-likeness (QED) is 0.568. The topological polar surface area (TPSA) is 40.9 Å². The van der Waals surface area contributed by atoms with Gasteiger partial charge in [0.1, 0.15) is 5.41 Å². The molecule has 0 aromatic rings. The molecule has 80 valence electrons. The lowest BCUT2D eigenvalue weighted by atomic mass is 9.69. The number of fused-ring (bicyclic) bond motifs is 1. The van der Waals surface area contributed by atoms with Crippen molar-refractivity contribution in [3.63, 3.8) is 0 Å². The summed E-state index contributed by atoms with van der Waals surface area (Å²) < 4.78 is 0. The molecule has 2 aliphatic rings. The van der Waals surface area contributed by atoms with Crippen LogP contribution in [0, 0.1) is 22.7 Å². The molecule has 0 radical (unpaired) electrons. The summed E-state index contributed by atoms with van der Waals surface area (Å²) in [5.41, 5.74) is 0.0716. The van der Waals surface area contributed by atoms with Gasteiger partial charge in [-0.15, -0.1) is 0 Å². The minimum atomic E-state index is -0.805. The van der Waals surface area contributed by atoms with Gasteiger partial charge in [0.2, 0.25) is 0 Å². The van der Waals surface area contributed by atoms with Crippen LogP contribution in [0.3, 0.4) is 0 Å². The van der Waals surface area contributed by atoms with E-state index in [2.05, 4.69) is 12.6 Å². The lowest BCUT2D eigenvalue weighted by Crippen LogP contribution is -2.35. The molecule has 2 rings (SSSR count). The lowest BCUT2D eigenvalue weighted by molar-refractivity contribution is -0.126. The second kappa shape index (κ2) is 3.81. The number of rotatable bonds is 0. The minimum Gasteiger partial charge on any atom is -0.298 e. The molecule has 0 aromatic carbocycles. The third-order valence-electron chi connectivity index (χ3n) is 4.04. The third kappa shape index (κ3) is 1.42. The van der Waals surface area contributed by atoms with E-state index in [0.29, 0.717) is 6.42 Å². The van der Waals surface area contributed by atoms with Crippen LogP contribution in [-0.2, 0) is 4.79 Å². The summed E-state index contributed by atoms with van der Waals surface area (Å²) in [7, 11) is 0. The van der Waals surface area contributed by atoms with Crippen molar-refractivity contribution in [2.75, 3.05) is 0 Å². The smallest absolute Gasteiger partial charge is 0.157 e. The molecule has 0 saturated heterocycles. The summed E-state index contributed by atoms with van der Waals surface area (Å²) in [5, 5.41) is 9.38. The highest BCUT2D eigenvalue weighted by Gasteiger charge is 2.51. The zero-order valence-corrected chi connectivity index (χ0v) is 9.09. The summed E-state index contributed by atoms with van der Waals surface area (Å²) in [5.74, 6) is 0.389. The Balaban J connectivity index is 2.38. The van der Waals surface area contributed by atoms with Crippen molar-refractivity contribution >= 4 is 5.78 Å². The highest BCUT2D eigenvalue weighted by atomic mass is 16.1. The number of Topliss-reactive ketones (excluding diaryl/α,β-unsaturated/α-hetero) is 1. The predicted octanol–water partition coefficient (Wildman–Crippen LogP) is 3.00. The van der Waals surface area contributed by atoms with Crippen molar-refractivity contribution in [1.29, 1.82) is 5.26 Å².